The van der Waals surface area contributed by atoms with Crippen LogP contribution in [0.2, 0.25) is 0 Å². The lowest BCUT2D eigenvalue weighted by Gasteiger charge is -2.13. The van der Waals surface area contributed by atoms with E-state index in [0.717, 1.165) is 11.3 Å². The summed E-state index contributed by atoms with van der Waals surface area (Å²) < 4.78 is 13.7. The van der Waals surface area contributed by atoms with E-state index in [2.05, 4.69) is 0 Å². The number of benzene rings is 1. The molecule has 2 nitrogen and oxygen atoms in total. The maximum absolute atomic E-state index is 13.7. The van der Waals surface area contributed by atoms with Gasteiger partial charge in [-0.15, -0.1) is 0 Å². The van der Waals surface area contributed by atoms with Gasteiger partial charge in [0.2, 0.25) is 0 Å². The zero-order chi connectivity index (χ0) is 13.4. The van der Waals surface area contributed by atoms with Gasteiger partial charge in [-0.05, 0) is 36.8 Å². The first-order valence-corrected chi connectivity index (χ1v) is 7.35. The molecule has 0 bridgehead atoms. The van der Waals surface area contributed by atoms with Crippen LogP contribution < -0.4 is 5.73 Å². The summed E-state index contributed by atoms with van der Waals surface area (Å²) in [7, 11) is 0. The maximum atomic E-state index is 13.7. The lowest BCUT2D eigenvalue weighted by atomic mass is 10.0. The van der Waals surface area contributed by atoms with Crippen molar-refractivity contribution in [2.45, 2.75) is 25.1 Å². The van der Waals surface area contributed by atoms with Gasteiger partial charge in [0.25, 0.3) is 0 Å². The molecule has 1 rings (SSSR count). The van der Waals surface area contributed by atoms with Crippen molar-refractivity contribution in [2.75, 3.05) is 12.0 Å². The molecule has 0 saturated heterocycles. The minimum atomic E-state index is -1.50. The highest BCUT2D eigenvalue weighted by atomic mass is 32.2. The molecule has 1 unspecified atom stereocenters. The van der Waals surface area contributed by atoms with Gasteiger partial charge >= 0.3 is 0 Å². The van der Waals surface area contributed by atoms with Crippen LogP contribution in [0, 0.1) is 6.42 Å². The van der Waals surface area contributed by atoms with Gasteiger partial charge in [-0.3, -0.25) is 4.79 Å². The summed E-state index contributed by atoms with van der Waals surface area (Å²) in [4.78, 5) is 11.6. The summed E-state index contributed by atoms with van der Waals surface area (Å²) in [5.41, 5.74) is 6.58. The first kappa shape index (κ1) is 15.2. The van der Waals surface area contributed by atoms with E-state index < -0.39 is 18.0 Å². The smallest absolute Gasteiger partial charge is 0.183 e. The summed E-state index contributed by atoms with van der Waals surface area (Å²) in [6, 6.07) is 8.73. The molecular formula is C14H19FNOS. The standard InChI is InChI=1S/C14H19FNOS/c1-18-10-9-13(16)14(17)12(15)8-7-11-5-3-2-4-6-11/h2-7,12-13H,8-10,16H2,1H3/t12?,13-/m0/s1. The van der Waals surface area contributed by atoms with Gasteiger partial charge in [-0.1, -0.05) is 30.3 Å². The highest BCUT2D eigenvalue weighted by molar-refractivity contribution is 7.98. The van der Waals surface area contributed by atoms with Crippen LogP contribution in [-0.2, 0) is 4.79 Å². The number of ketones is 1. The normalized spacial score (nSPS) is 14.2. The Bertz CT molecular complexity index is 358. The van der Waals surface area contributed by atoms with Gasteiger partial charge in [0, 0.05) is 0 Å². The Kier molecular flexibility index (Phi) is 6.98. The van der Waals surface area contributed by atoms with Gasteiger partial charge < -0.3 is 5.73 Å². The quantitative estimate of drug-likeness (QED) is 0.788. The van der Waals surface area contributed by atoms with Crippen molar-refractivity contribution in [1.29, 1.82) is 0 Å². The molecule has 0 fully saturated rings. The molecule has 0 saturated carbocycles. The maximum Gasteiger partial charge on any atom is 0.183 e. The largest absolute Gasteiger partial charge is 0.321 e. The molecule has 2 N–H and O–H groups in total. The summed E-state index contributed by atoms with van der Waals surface area (Å²) in [5, 5.41) is 0. The van der Waals surface area contributed by atoms with Crippen molar-refractivity contribution in [3.05, 3.63) is 42.3 Å². The van der Waals surface area contributed by atoms with Gasteiger partial charge in [0.15, 0.2) is 12.0 Å². The fourth-order valence-corrected chi connectivity index (χ4v) is 2.05. The lowest BCUT2D eigenvalue weighted by Crippen LogP contribution is -2.37. The molecule has 0 aliphatic heterocycles. The summed E-state index contributed by atoms with van der Waals surface area (Å²) >= 11 is 1.61. The Balaban J connectivity index is 2.35. The van der Waals surface area contributed by atoms with Crippen molar-refractivity contribution >= 4 is 17.5 Å². The Hall–Kier alpha value is -0.870. The van der Waals surface area contributed by atoms with Crippen LogP contribution in [0.4, 0.5) is 4.39 Å². The highest BCUT2D eigenvalue weighted by Crippen LogP contribution is 2.12. The van der Waals surface area contributed by atoms with Crippen LogP contribution in [0.25, 0.3) is 0 Å². The van der Waals surface area contributed by atoms with E-state index in [0.29, 0.717) is 6.42 Å². The Morgan fingerprint density at radius 2 is 2.11 bits per heavy atom. The number of halogens is 1. The number of hydrogen-bond donors (Lipinski definition) is 1. The van der Waals surface area contributed by atoms with Gasteiger partial charge in [0.05, 0.1) is 6.04 Å². The van der Waals surface area contributed by atoms with Gasteiger partial charge in [-0.2, -0.15) is 11.8 Å². The monoisotopic (exact) mass is 268 g/mol. The van der Waals surface area contributed by atoms with Crippen LogP contribution >= 0.6 is 11.8 Å². The minimum absolute atomic E-state index is 0.0931. The molecule has 99 valence electrons. The van der Waals surface area contributed by atoms with Crippen LogP contribution in [0.5, 0.6) is 0 Å². The lowest BCUT2D eigenvalue weighted by molar-refractivity contribution is -0.125. The van der Waals surface area contributed by atoms with E-state index in [9.17, 15) is 9.18 Å². The van der Waals surface area contributed by atoms with Crippen molar-refractivity contribution < 1.29 is 9.18 Å². The predicted octanol–water partition coefficient (Wildman–Crippen LogP) is 2.62. The van der Waals surface area contributed by atoms with Crippen LogP contribution in [-0.4, -0.2) is 30.0 Å². The summed E-state index contributed by atoms with van der Waals surface area (Å²) in [6.45, 7) is 0. The topological polar surface area (TPSA) is 43.1 Å². The number of alkyl halides is 1. The van der Waals surface area contributed by atoms with E-state index in [1.54, 1.807) is 18.2 Å². The van der Waals surface area contributed by atoms with Crippen LogP contribution in [0.3, 0.4) is 0 Å². The SMILES string of the molecule is CSCC[C@H](N)C(=O)C(F)C[CH]c1ccccc1. The Labute approximate surface area is 112 Å². The molecule has 1 aromatic carbocycles. The van der Waals surface area contributed by atoms with Gasteiger partial charge in [-0.25, -0.2) is 4.39 Å². The predicted molar refractivity (Wildman–Crippen MR) is 75.3 cm³/mol. The van der Waals surface area contributed by atoms with Crippen molar-refractivity contribution in [1.82, 2.24) is 0 Å². The molecule has 1 aromatic rings. The Morgan fingerprint density at radius 3 is 2.72 bits per heavy atom. The second kappa shape index (κ2) is 8.27. The number of hydrogen-bond acceptors (Lipinski definition) is 3. The first-order valence-electron chi connectivity index (χ1n) is 5.95. The third-order valence-corrected chi connectivity index (χ3v) is 3.31. The molecule has 1 radical (unpaired) electrons. The van der Waals surface area contributed by atoms with E-state index in [-0.39, 0.29) is 6.42 Å². The summed E-state index contributed by atoms with van der Waals surface area (Å²) in [5.74, 6) is 0.290. The van der Waals surface area contributed by atoms with Crippen molar-refractivity contribution in [2.24, 2.45) is 5.73 Å². The third kappa shape index (κ3) is 5.19. The van der Waals surface area contributed by atoms with Crippen molar-refractivity contribution in [3.63, 3.8) is 0 Å². The third-order valence-electron chi connectivity index (χ3n) is 2.67. The van der Waals surface area contributed by atoms with Crippen molar-refractivity contribution in [3.8, 4) is 0 Å². The van der Waals surface area contributed by atoms with E-state index >= 15 is 0 Å². The molecule has 0 amide bonds. The molecule has 0 spiro atoms. The number of carbonyl (C=O) groups excluding carboxylic acids is 1. The molecular weight excluding hydrogens is 249 g/mol. The zero-order valence-corrected chi connectivity index (χ0v) is 11.3. The average molecular weight is 268 g/mol. The highest BCUT2D eigenvalue weighted by Gasteiger charge is 2.23. The fourth-order valence-electron chi connectivity index (χ4n) is 1.56. The van der Waals surface area contributed by atoms with Crippen LogP contribution in [0.15, 0.2) is 30.3 Å². The molecule has 4 heteroatoms. The van der Waals surface area contributed by atoms with Crippen LogP contribution in [0.1, 0.15) is 18.4 Å². The fraction of sp³-hybridized carbons (Fsp3) is 0.429. The van der Waals surface area contributed by atoms with Gasteiger partial charge in [0.1, 0.15) is 0 Å². The number of carbonyl (C=O) groups is 1. The zero-order valence-electron chi connectivity index (χ0n) is 10.5. The molecule has 0 heterocycles. The molecule has 2 atom stereocenters. The molecule has 0 aromatic heterocycles. The second-order valence-corrected chi connectivity index (χ2v) is 5.09. The van der Waals surface area contributed by atoms with E-state index in [4.69, 9.17) is 5.73 Å². The second-order valence-electron chi connectivity index (χ2n) is 4.11. The number of nitrogens with two attached hydrogens (primary N) is 1. The Morgan fingerprint density at radius 1 is 1.44 bits per heavy atom. The summed E-state index contributed by atoms with van der Waals surface area (Å²) in [6.07, 6.45) is 2.79. The first-order chi connectivity index (χ1) is 8.65. The minimum Gasteiger partial charge on any atom is -0.321 e. The number of Topliss-reactive ketones (excluding diaryl/α,β-unsaturated/α-hetero) is 1. The average Bonchev–Trinajstić information content (AvgIpc) is 2.42. The number of rotatable bonds is 8. The molecule has 0 aliphatic rings. The number of thioether (sulfide) groups is 1. The van der Waals surface area contributed by atoms with E-state index in [1.165, 1.54) is 0 Å². The van der Waals surface area contributed by atoms with E-state index in [1.807, 2.05) is 36.6 Å². The molecule has 18 heavy (non-hydrogen) atoms. The molecule has 0 aliphatic carbocycles.